The van der Waals surface area contributed by atoms with Gasteiger partial charge >= 0.3 is 5.97 Å². The van der Waals surface area contributed by atoms with Crippen LogP contribution in [0.5, 0.6) is 11.5 Å². The molecule has 30 heavy (non-hydrogen) atoms. The highest BCUT2D eigenvalue weighted by Gasteiger charge is 2.21. The Kier molecular flexibility index (Phi) is 6.64. The van der Waals surface area contributed by atoms with Crippen molar-refractivity contribution in [2.24, 2.45) is 5.92 Å². The molecule has 1 N–H and O–H groups in total. The van der Waals surface area contributed by atoms with Crippen LogP contribution in [0.3, 0.4) is 0 Å². The molecule has 0 bridgehead atoms. The minimum Gasteiger partial charge on any atom is -0.454 e. The fraction of sp³-hybridized carbons (Fsp3) is 0.500. The largest absolute Gasteiger partial charge is 0.454 e. The van der Waals surface area contributed by atoms with E-state index < -0.39 is 18.0 Å². The summed E-state index contributed by atoms with van der Waals surface area (Å²) in [6.45, 7) is 10.8. The van der Waals surface area contributed by atoms with Crippen molar-refractivity contribution in [2.45, 2.75) is 60.1 Å². The minimum absolute atomic E-state index is 0.163. The zero-order valence-electron chi connectivity index (χ0n) is 18.2. The third-order valence-corrected chi connectivity index (χ3v) is 4.97. The number of amides is 1. The van der Waals surface area contributed by atoms with Crippen LogP contribution >= 0.6 is 0 Å². The number of nitrogens with zero attached hydrogens (tertiary/aromatic N) is 2. The van der Waals surface area contributed by atoms with Crippen molar-refractivity contribution >= 4 is 17.6 Å². The molecule has 1 aliphatic heterocycles. The molecule has 0 saturated heterocycles. The molecule has 0 radical (unpaired) electrons. The van der Waals surface area contributed by atoms with Gasteiger partial charge < -0.3 is 19.5 Å². The van der Waals surface area contributed by atoms with Gasteiger partial charge in [0.1, 0.15) is 0 Å². The van der Waals surface area contributed by atoms with E-state index in [-0.39, 0.29) is 13.2 Å². The summed E-state index contributed by atoms with van der Waals surface area (Å²) in [4.78, 5) is 24.6. The van der Waals surface area contributed by atoms with Gasteiger partial charge in [0.2, 0.25) is 6.79 Å². The van der Waals surface area contributed by atoms with E-state index in [9.17, 15) is 9.59 Å². The SMILES string of the molecule is Cc1nn(CC(C)C)c(C)c1CCC(=O)OC(C)C(=O)Nc1ccc2c(c1)OCO2. The number of rotatable bonds is 8. The molecule has 1 unspecified atom stereocenters. The average molecular weight is 415 g/mol. The van der Waals surface area contributed by atoms with Crippen LogP contribution in [0.15, 0.2) is 18.2 Å². The topological polar surface area (TPSA) is 91.7 Å². The number of esters is 1. The third kappa shape index (κ3) is 5.11. The van der Waals surface area contributed by atoms with E-state index in [0.717, 1.165) is 23.5 Å². The Labute approximate surface area is 176 Å². The molecule has 1 aliphatic rings. The number of hydrogen-bond donors (Lipinski definition) is 1. The highest BCUT2D eigenvalue weighted by Crippen LogP contribution is 2.34. The first kappa shape index (κ1) is 21.7. The number of nitrogens with one attached hydrogen (secondary N) is 1. The van der Waals surface area contributed by atoms with Crippen molar-refractivity contribution in [3.8, 4) is 11.5 Å². The highest BCUT2D eigenvalue weighted by molar-refractivity contribution is 5.95. The van der Waals surface area contributed by atoms with Gasteiger partial charge in [-0.3, -0.25) is 14.3 Å². The van der Waals surface area contributed by atoms with Crippen LogP contribution in [-0.2, 0) is 27.3 Å². The summed E-state index contributed by atoms with van der Waals surface area (Å²) in [6, 6.07) is 5.11. The number of benzene rings is 1. The summed E-state index contributed by atoms with van der Waals surface area (Å²) in [6.07, 6.45) is -0.185. The van der Waals surface area contributed by atoms with Gasteiger partial charge in [-0.2, -0.15) is 5.10 Å². The van der Waals surface area contributed by atoms with Crippen molar-refractivity contribution in [3.05, 3.63) is 35.2 Å². The number of anilines is 1. The van der Waals surface area contributed by atoms with Crippen molar-refractivity contribution < 1.29 is 23.8 Å². The number of aryl methyl sites for hydroxylation is 1. The minimum atomic E-state index is -0.909. The molecule has 1 aromatic carbocycles. The molecule has 1 amide bonds. The zero-order valence-corrected chi connectivity index (χ0v) is 18.2. The molecular formula is C22H29N3O5. The molecule has 162 valence electrons. The van der Waals surface area contributed by atoms with Gasteiger partial charge in [-0.05, 0) is 50.8 Å². The molecule has 8 heteroatoms. The Morgan fingerprint density at radius 2 is 1.93 bits per heavy atom. The molecule has 8 nitrogen and oxygen atoms in total. The molecule has 0 aliphatic carbocycles. The van der Waals surface area contributed by atoms with Gasteiger partial charge in [0.05, 0.1) is 5.69 Å². The molecule has 2 heterocycles. The summed E-state index contributed by atoms with van der Waals surface area (Å²) < 4.78 is 17.8. The Hall–Kier alpha value is -3.03. The number of fused-ring (bicyclic) bond motifs is 1. The summed E-state index contributed by atoms with van der Waals surface area (Å²) in [5, 5.41) is 7.30. The second-order valence-corrected chi connectivity index (χ2v) is 7.91. The van der Waals surface area contributed by atoms with Crippen LogP contribution in [0.1, 0.15) is 44.1 Å². The fourth-order valence-electron chi connectivity index (χ4n) is 3.37. The van der Waals surface area contributed by atoms with Gasteiger partial charge in [-0.1, -0.05) is 13.8 Å². The van der Waals surface area contributed by atoms with Crippen molar-refractivity contribution in [3.63, 3.8) is 0 Å². The zero-order chi connectivity index (χ0) is 21.8. The molecule has 0 fully saturated rings. The molecule has 1 aromatic heterocycles. The van der Waals surface area contributed by atoms with Crippen molar-refractivity contribution in [2.75, 3.05) is 12.1 Å². The first-order chi connectivity index (χ1) is 14.2. The number of ether oxygens (including phenoxy) is 3. The lowest BCUT2D eigenvalue weighted by atomic mass is 10.1. The Morgan fingerprint density at radius 1 is 1.20 bits per heavy atom. The third-order valence-electron chi connectivity index (χ3n) is 4.97. The predicted molar refractivity (Wildman–Crippen MR) is 112 cm³/mol. The van der Waals surface area contributed by atoms with E-state index in [1.165, 1.54) is 0 Å². The van der Waals surface area contributed by atoms with Gasteiger partial charge in [0.25, 0.3) is 5.91 Å². The van der Waals surface area contributed by atoms with Crippen LogP contribution in [0.25, 0.3) is 0 Å². The fourth-order valence-corrected chi connectivity index (χ4v) is 3.37. The summed E-state index contributed by atoms with van der Waals surface area (Å²) in [5.74, 6) is 0.874. The molecule has 0 spiro atoms. The lowest BCUT2D eigenvalue weighted by Crippen LogP contribution is -2.30. The van der Waals surface area contributed by atoms with E-state index in [4.69, 9.17) is 14.2 Å². The lowest BCUT2D eigenvalue weighted by molar-refractivity contribution is -0.153. The second kappa shape index (κ2) is 9.19. The first-order valence-corrected chi connectivity index (χ1v) is 10.2. The molecule has 3 rings (SSSR count). The van der Waals surface area contributed by atoms with Crippen LogP contribution in [0.4, 0.5) is 5.69 Å². The smallest absolute Gasteiger partial charge is 0.306 e. The maximum absolute atomic E-state index is 12.4. The molecule has 1 atom stereocenters. The maximum atomic E-state index is 12.4. The Balaban J connectivity index is 1.51. The summed E-state index contributed by atoms with van der Waals surface area (Å²) >= 11 is 0. The van der Waals surface area contributed by atoms with Crippen LogP contribution in [-0.4, -0.2) is 34.6 Å². The van der Waals surface area contributed by atoms with Crippen LogP contribution in [0, 0.1) is 19.8 Å². The predicted octanol–water partition coefficient (Wildman–Crippen LogP) is 3.39. The number of carbonyl (C=O) groups is 2. The van der Waals surface area contributed by atoms with E-state index in [2.05, 4.69) is 24.3 Å². The summed E-state index contributed by atoms with van der Waals surface area (Å²) in [5.41, 5.74) is 3.61. The second-order valence-electron chi connectivity index (χ2n) is 7.91. The van der Waals surface area contributed by atoms with E-state index in [1.807, 2.05) is 18.5 Å². The number of aromatic nitrogens is 2. The van der Waals surface area contributed by atoms with Crippen LogP contribution in [0.2, 0.25) is 0 Å². The average Bonchev–Trinajstić information content (AvgIpc) is 3.24. The standard InChI is InChI=1S/C22H29N3O5/c1-13(2)11-25-15(4)18(14(3)24-25)7-9-21(26)30-16(5)22(27)23-17-6-8-19-20(10-17)29-12-28-19/h6,8,10,13,16H,7,9,11-12H2,1-5H3,(H,23,27). The summed E-state index contributed by atoms with van der Waals surface area (Å²) in [7, 11) is 0. The quantitative estimate of drug-likeness (QED) is 0.665. The Morgan fingerprint density at radius 3 is 2.67 bits per heavy atom. The normalized spacial score (nSPS) is 13.4. The molecule has 2 aromatic rings. The van der Waals surface area contributed by atoms with Crippen LogP contribution < -0.4 is 14.8 Å². The van der Waals surface area contributed by atoms with Gasteiger partial charge in [0.15, 0.2) is 17.6 Å². The lowest BCUT2D eigenvalue weighted by Gasteiger charge is -2.14. The van der Waals surface area contributed by atoms with E-state index in [1.54, 1.807) is 25.1 Å². The maximum Gasteiger partial charge on any atom is 0.306 e. The first-order valence-electron chi connectivity index (χ1n) is 10.2. The van der Waals surface area contributed by atoms with E-state index in [0.29, 0.717) is 29.5 Å². The van der Waals surface area contributed by atoms with Gasteiger partial charge in [-0.15, -0.1) is 0 Å². The van der Waals surface area contributed by atoms with Gasteiger partial charge in [0, 0.05) is 30.4 Å². The van der Waals surface area contributed by atoms with E-state index >= 15 is 0 Å². The highest BCUT2D eigenvalue weighted by atomic mass is 16.7. The van der Waals surface area contributed by atoms with Crippen molar-refractivity contribution in [1.82, 2.24) is 9.78 Å². The van der Waals surface area contributed by atoms with Crippen molar-refractivity contribution in [1.29, 1.82) is 0 Å². The molecular weight excluding hydrogens is 386 g/mol. The van der Waals surface area contributed by atoms with Gasteiger partial charge in [-0.25, -0.2) is 0 Å². The number of hydrogen-bond acceptors (Lipinski definition) is 6. The monoisotopic (exact) mass is 415 g/mol. The Bertz CT molecular complexity index is 935. The molecule has 0 saturated carbocycles. The number of carbonyl (C=O) groups excluding carboxylic acids is 2.